The molecule has 0 aromatic heterocycles. The Bertz CT molecular complexity index is 1910. The van der Waals surface area contributed by atoms with E-state index in [0.29, 0.717) is 49.1 Å². The summed E-state index contributed by atoms with van der Waals surface area (Å²) in [6.07, 6.45) is 2.83. The van der Waals surface area contributed by atoms with Crippen LogP contribution < -0.4 is 16.4 Å². The minimum atomic E-state index is -1.55. The monoisotopic (exact) mass is 853 g/mol. The second kappa shape index (κ2) is 18.6. The van der Waals surface area contributed by atoms with Crippen molar-refractivity contribution < 1.29 is 57.2 Å². The van der Waals surface area contributed by atoms with Crippen molar-refractivity contribution in [3.8, 4) is 0 Å². The average molecular weight is 854 g/mol. The third kappa shape index (κ3) is 9.19. The summed E-state index contributed by atoms with van der Waals surface area (Å²) in [6, 6.07) is 6.23. The molecule has 1 aliphatic heterocycles. The Morgan fingerprint density at radius 1 is 1.02 bits per heavy atom. The summed E-state index contributed by atoms with van der Waals surface area (Å²) in [4.78, 5) is 78.2. The maximum atomic E-state index is 16.0. The fourth-order valence-electron chi connectivity index (χ4n) is 10.6. The highest BCUT2D eigenvalue weighted by molar-refractivity contribution is 6.01. The highest BCUT2D eigenvalue weighted by Crippen LogP contribution is 2.70. The molecule has 0 radical (unpaired) electrons. The van der Waals surface area contributed by atoms with Crippen molar-refractivity contribution in [1.29, 1.82) is 0 Å². The molecule has 4 aliphatic carbocycles. The van der Waals surface area contributed by atoms with Crippen LogP contribution in [0.25, 0.3) is 0 Å². The molecule has 1 aromatic rings. The fraction of sp³-hybridized carbons (Fsp3) is 0.636. The van der Waals surface area contributed by atoms with Crippen LogP contribution in [0.4, 0.5) is 24.5 Å². The number of likely N-dealkylation sites (N-methyl/N-ethyl adjacent to an activating group) is 2. The lowest BCUT2D eigenvalue weighted by Gasteiger charge is -2.60. The van der Waals surface area contributed by atoms with Crippen molar-refractivity contribution in [2.45, 2.75) is 109 Å². The molecule has 5 N–H and O–H groups in total. The smallest absolute Gasteiger partial charge is 0.409 e. The minimum Gasteiger partial charge on any atom is -0.445 e. The molecule has 1 saturated heterocycles. The number of carbonyl (C=O) groups excluding carboxylic acids is 6. The van der Waals surface area contributed by atoms with Crippen LogP contribution in [0.5, 0.6) is 0 Å². The fourth-order valence-corrected chi connectivity index (χ4v) is 10.6. The van der Waals surface area contributed by atoms with E-state index in [2.05, 4.69) is 10.6 Å². The molecule has 334 valence electrons. The Balaban J connectivity index is 1.00. The maximum absolute atomic E-state index is 16.0. The van der Waals surface area contributed by atoms with Crippen LogP contribution in [0.1, 0.15) is 77.7 Å². The number of rotatable bonds is 16. The molecular formula is C44H60FN5O11. The molecular weight excluding hydrogens is 794 g/mol. The highest BCUT2D eigenvalue weighted by Gasteiger charge is 2.76. The van der Waals surface area contributed by atoms with Crippen LogP contribution in [0.2, 0.25) is 0 Å². The first kappa shape index (κ1) is 45.7. The van der Waals surface area contributed by atoms with Crippen LogP contribution in [0.15, 0.2) is 48.1 Å². The number of nitrogens with zero attached hydrogens (tertiary/aromatic N) is 2. The summed E-state index contributed by atoms with van der Waals surface area (Å²) in [7, 11) is 3.01. The van der Waals surface area contributed by atoms with Gasteiger partial charge in [-0.25, -0.2) is 18.8 Å². The minimum absolute atomic E-state index is 0.0279. The summed E-state index contributed by atoms with van der Waals surface area (Å²) < 4.78 is 40.0. The molecule has 16 nitrogen and oxygen atoms in total. The zero-order valence-corrected chi connectivity index (χ0v) is 35.7. The number of nitrogens with two attached hydrogens (primary N) is 1. The molecule has 5 amide bonds. The molecule has 6 rings (SSSR count). The normalized spacial score (nSPS) is 32.0. The molecule has 10 atom stereocenters. The first-order chi connectivity index (χ1) is 28.9. The van der Waals surface area contributed by atoms with Crippen molar-refractivity contribution in [3.05, 3.63) is 53.6 Å². The van der Waals surface area contributed by atoms with Crippen molar-refractivity contribution in [1.82, 2.24) is 15.1 Å². The number of allylic oxidation sites excluding steroid dienone is 4. The summed E-state index contributed by atoms with van der Waals surface area (Å²) in [5.41, 5.74) is 3.30. The molecule has 4 fully saturated rings. The molecule has 1 aromatic carbocycles. The van der Waals surface area contributed by atoms with E-state index >= 15 is 4.39 Å². The highest BCUT2D eigenvalue weighted by atomic mass is 19.1. The predicted molar refractivity (Wildman–Crippen MR) is 219 cm³/mol. The van der Waals surface area contributed by atoms with E-state index in [1.165, 1.54) is 36.0 Å². The number of Topliss-reactive ketones (excluding diaryl/α,β-unsaturated/α-hetero) is 1. The third-order valence-corrected chi connectivity index (χ3v) is 13.7. The van der Waals surface area contributed by atoms with Gasteiger partial charge in [-0.2, -0.15) is 0 Å². The van der Waals surface area contributed by atoms with Crippen LogP contribution in [-0.2, 0) is 39.9 Å². The number of ether oxygens (including phenoxy) is 4. The number of urea groups is 1. The van der Waals surface area contributed by atoms with Gasteiger partial charge in [0, 0.05) is 62.6 Å². The number of benzene rings is 1. The number of aliphatic hydroxyl groups excluding tert-OH is 1. The molecule has 0 bridgehead atoms. The van der Waals surface area contributed by atoms with Crippen LogP contribution in [0.3, 0.4) is 0 Å². The van der Waals surface area contributed by atoms with E-state index in [4.69, 9.17) is 24.7 Å². The van der Waals surface area contributed by atoms with Crippen LogP contribution in [0, 0.1) is 28.6 Å². The van der Waals surface area contributed by atoms with E-state index in [0.717, 1.165) is 6.42 Å². The van der Waals surface area contributed by atoms with Crippen molar-refractivity contribution in [2.75, 3.05) is 45.7 Å². The van der Waals surface area contributed by atoms with E-state index < -0.39 is 71.7 Å². The maximum Gasteiger partial charge on any atom is 0.409 e. The first-order valence-corrected chi connectivity index (χ1v) is 21.2. The van der Waals surface area contributed by atoms with Crippen molar-refractivity contribution in [2.24, 2.45) is 34.3 Å². The summed E-state index contributed by atoms with van der Waals surface area (Å²) in [5.74, 6) is -1.92. The Morgan fingerprint density at radius 3 is 2.38 bits per heavy atom. The number of carbonyl (C=O) groups is 6. The zero-order valence-electron chi connectivity index (χ0n) is 35.7. The number of fused-ring (bicyclic) bond motifs is 7. The van der Waals surface area contributed by atoms with Crippen LogP contribution >= 0.6 is 0 Å². The molecule has 61 heavy (non-hydrogen) atoms. The number of unbranched alkanes of at least 4 members (excludes halogenated alkanes) is 1. The Morgan fingerprint density at radius 2 is 1.70 bits per heavy atom. The summed E-state index contributed by atoms with van der Waals surface area (Å²) >= 11 is 0. The number of primary amides is 1. The van der Waals surface area contributed by atoms with Gasteiger partial charge >= 0.3 is 18.2 Å². The standard InChI is InChI=1S/C44H60FN5O11/c1-6-9-37-60-35-22-30-29-21-32(45)31-20-28(51)15-16-42(31,2)38(29)33(52)23-43(30,3)44(35,61-37)34(53)25-59-41(57)50(5)19-18-49(4)40(56)58-24-26-11-13-27(14-12-26)48-36(54)10-7-8-17-47-39(46)55/h11-16,20,29-30,32-33,35,37-38,52H,6-10,17-19,21-25H2,1-5H3,(H,48,54)(H3,46,47,55)/t29-,30?,32-,33-,35+,37?,38?,42-,43-,44+/m0/s1. The number of aliphatic hydroxyl groups is 1. The van der Waals surface area contributed by atoms with Gasteiger partial charge in [-0.15, -0.1) is 0 Å². The van der Waals surface area contributed by atoms with Gasteiger partial charge in [0.15, 0.2) is 24.3 Å². The average Bonchev–Trinajstić information content (AvgIpc) is 3.70. The number of hydrogen-bond donors (Lipinski definition) is 4. The number of anilines is 1. The largest absolute Gasteiger partial charge is 0.445 e. The SMILES string of the molecule is CCCC1O[C@@H]2CC3[C@@H]4C[C@H](F)C5=CC(=O)C=C[C@]5(C)C4[C@@H](O)C[C@]3(C)[C@]2(C(=O)COC(=O)N(C)CCN(C)C(=O)OCc2ccc(NC(=O)CCCCNC(N)=O)cc2)O1. The Kier molecular flexibility index (Phi) is 13.9. The van der Waals surface area contributed by atoms with Gasteiger partial charge in [0.2, 0.25) is 11.7 Å². The third-order valence-electron chi connectivity index (χ3n) is 13.7. The predicted octanol–water partition coefficient (Wildman–Crippen LogP) is 4.79. The molecule has 3 saturated carbocycles. The molecule has 5 aliphatic rings. The summed E-state index contributed by atoms with van der Waals surface area (Å²) in [6.45, 7) is 5.67. The molecule has 17 heteroatoms. The van der Waals surface area contributed by atoms with E-state index in [1.807, 2.05) is 20.8 Å². The van der Waals surface area contributed by atoms with Gasteiger partial charge in [0.1, 0.15) is 12.8 Å². The number of halogens is 1. The van der Waals surface area contributed by atoms with Gasteiger partial charge in [0.05, 0.1) is 12.2 Å². The number of ketones is 2. The van der Waals surface area contributed by atoms with Gasteiger partial charge in [-0.05, 0) is 85.8 Å². The second-order valence-corrected chi connectivity index (χ2v) is 17.6. The topological polar surface area (TPSA) is 216 Å². The van der Waals surface area contributed by atoms with Crippen molar-refractivity contribution in [3.63, 3.8) is 0 Å². The summed E-state index contributed by atoms with van der Waals surface area (Å²) in [5, 5.41) is 17.2. The van der Waals surface area contributed by atoms with E-state index in [1.54, 1.807) is 30.3 Å². The van der Waals surface area contributed by atoms with E-state index in [-0.39, 0.29) is 68.4 Å². The quantitative estimate of drug-likeness (QED) is 0.166. The lowest BCUT2D eigenvalue weighted by atomic mass is 9.46. The Hall–Kier alpha value is -4.87. The number of nitrogens with one attached hydrogen (secondary N) is 2. The van der Waals surface area contributed by atoms with Gasteiger partial charge in [-0.1, -0.05) is 45.4 Å². The van der Waals surface area contributed by atoms with Gasteiger partial charge < -0.3 is 50.2 Å². The van der Waals surface area contributed by atoms with Crippen molar-refractivity contribution >= 4 is 41.4 Å². The number of amides is 5. The van der Waals surface area contributed by atoms with E-state index in [9.17, 15) is 33.9 Å². The zero-order chi connectivity index (χ0) is 44.3. The lowest BCUT2D eigenvalue weighted by Crippen LogP contribution is -2.64. The Labute approximate surface area is 355 Å². The number of hydrogen-bond acceptors (Lipinski definition) is 11. The van der Waals surface area contributed by atoms with Gasteiger partial charge in [-0.3, -0.25) is 14.4 Å². The van der Waals surface area contributed by atoms with Gasteiger partial charge in [0.25, 0.3) is 0 Å². The second-order valence-electron chi connectivity index (χ2n) is 17.6. The molecule has 1 heterocycles. The molecule has 3 unspecified atom stereocenters. The van der Waals surface area contributed by atoms with Crippen LogP contribution in [-0.4, -0.2) is 121 Å². The number of alkyl halides is 1. The lowest BCUT2D eigenvalue weighted by molar-refractivity contribution is -0.202. The molecule has 0 spiro atoms. The first-order valence-electron chi connectivity index (χ1n) is 21.2.